The Morgan fingerprint density at radius 3 is 2.69 bits per heavy atom. The van der Waals surface area contributed by atoms with Crippen LogP contribution in [0, 0.1) is 0 Å². The zero-order valence-corrected chi connectivity index (χ0v) is 19.9. The molecular formula is C26H30Cl2N2O2. The first-order chi connectivity index (χ1) is 14.5. The van der Waals surface area contributed by atoms with Crippen molar-refractivity contribution >= 4 is 35.7 Å². The summed E-state index contributed by atoms with van der Waals surface area (Å²) < 4.78 is 0. The highest BCUT2D eigenvalue weighted by Gasteiger charge is 2.64. The summed E-state index contributed by atoms with van der Waals surface area (Å²) in [5.41, 5.74) is 4.47. The van der Waals surface area contributed by atoms with Crippen molar-refractivity contribution in [2.75, 3.05) is 13.1 Å². The number of benzene rings is 2. The fourth-order valence-electron chi connectivity index (χ4n) is 6.65. The number of para-hydroxylation sites is 1. The lowest BCUT2D eigenvalue weighted by Crippen LogP contribution is -2.74. The number of phenolic OH excluding ortho intramolecular Hbond substituents is 1. The minimum Gasteiger partial charge on any atom is -0.508 e. The van der Waals surface area contributed by atoms with E-state index >= 15 is 0 Å². The third-order valence-corrected chi connectivity index (χ3v) is 8.00. The SMILES string of the molecule is CCCN1CC[C@]23Cc4nc5ccccc5cc4C[C@@]2(O)[C@H]1Cc1ccc(O)cc13.Cl.Cl. The molecule has 2 aromatic carbocycles. The molecule has 2 N–H and O–H groups in total. The molecule has 6 heteroatoms. The van der Waals surface area contributed by atoms with Gasteiger partial charge in [-0.3, -0.25) is 9.88 Å². The molecule has 0 saturated carbocycles. The maximum atomic E-state index is 12.5. The van der Waals surface area contributed by atoms with Gasteiger partial charge in [0, 0.05) is 35.4 Å². The van der Waals surface area contributed by atoms with Gasteiger partial charge in [-0.2, -0.15) is 0 Å². The number of halogens is 2. The molecule has 2 bridgehead atoms. The molecular weight excluding hydrogens is 443 g/mol. The van der Waals surface area contributed by atoms with Crippen LogP contribution in [0.3, 0.4) is 0 Å². The van der Waals surface area contributed by atoms with E-state index in [1.54, 1.807) is 6.07 Å². The molecule has 3 atom stereocenters. The fraction of sp³-hybridized carbons (Fsp3) is 0.423. The van der Waals surface area contributed by atoms with Crippen LogP contribution < -0.4 is 0 Å². The third-order valence-electron chi connectivity index (χ3n) is 8.00. The Hall–Kier alpha value is -1.85. The maximum absolute atomic E-state index is 12.5. The summed E-state index contributed by atoms with van der Waals surface area (Å²) in [5.74, 6) is 0.289. The topological polar surface area (TPSA) is 56.6 Å². The fourth-order valence-corrected chi connectivity index (χ4v) is 6.65. The minimum atomic E-state index is -0.849. The molecule has 3 aromatic rings. The number of hydrogen-bond acceptors (Lipinski definition) is 4. The third kappa shape index (κ3) is 3.07. The largest absolute Gasteiger partial charge is 0.508 e. The number of hydrogen-bond donors (Lipinski definition) is 2. The van der Waals surface area contributed by atoms with Gasteiger partial charge in [0.1, 0.15) is 5.75 Å². The second kappa shape index (κ2) is 8.18. The zero-order valence-electron chi connectivity index (χ0n) is 18.3. The predicted molar refractivity (Wildman–Crippen MR) is 132 cm³/mol. The standard InChI is InChI=1S/C26H28N2O2.2ClH/c1-2-10-28-11-9-25-16-23-19(12-18-5-3-4-6-22(18)27-23)15-26(25,30)24(28)13-17-7-8-20(29)14-21(17)25;;/h3-8,12,14,24,29-30H,2,9-11,13,15-16H2,1H3;2*1H/t24-,25-,26-;;/m1../s1. The van der Waals surface area contributed by atoms with Crippen LogP contribution in [0.25, 0.3) is 10.9 Å². The summed E-state index contributed by atoms with van der Waals surface area (Å²) in [5, 5.41) is 23.9. The maximum Gasteiger partial charge on any atom is 0.115 e. The van der Waals surface area contributed by atoms with Crippen molar-refractivity contribution in [1.82, 2.24) is 9.88 Å². The lowest BCUT2D eigenvalue weighted by Gasteiger charge is -2.63. The summed E-state index contributed by atoms with van der Waals surface area (Å²) in [6, 6.07) is 16.4. The van der Waals surface area contributed by atoms with Crippen molar-refractivity contribution < 1.29 is 10.2 Å². The molecule has 0 radical (unpaired) electrons. The van der Waals surface area contributed by atoms with Crippen molar-refractivity contribution in [2.45, 2.75) is 56.1 Å². The van der Waals surface area contributed by atoms with E-state index in [0.717, 1.165) is 60.9 Å². The lowest BCUT2D eigenvalue weighted by molar-refractivity contribution is -0.151. The van der Waals surface area contributed by atoms with Gasteiger partial charge in [0.05, 0.1) is 11.1 Å². The van der Waals surface area contributed by atoms with Crippen LogP contribution in [0.2, 0.25) is 0 Å². The number of aromatic nitrogens is 1. The highest BCUT2D eigenvalue weighted by atomic mass is 35.5. The molecule has 0 unspecified atom stereocenters. The smallest absolute Gasteiger partial charge is 0.115 e. The number of nitrogens with zero attached hydrogens (tertiary/aromatic N) is 2. The Bertz CT molecular complexity index is 1170. The predicted octanol–water partition coefficient (Wildman–Crippen LogP) is 4.59. The van der Waals surface area contributed by atoms with E-state index in [0.29, 0.717) is 6.42 Å². The second-order valence-electron chi connectivity index (χ2n) is 9.49. The van der Waals surface area contributed by atoms with Crippen LogP contribution in [0.5, 0.6) is 5.75 Å². The highest BCUT2D eigenvalue weighted by molar-refractivity contribution is 5.85. The first-order valence-corrected chi connectivity index (χ1v) is 11.2. The van der Waals surface area contributed by atoms with E-state index in [9.17, 15) is 10.2 Å². The zero-order chi connectivity index (χ0) is 20.5. The number of fused-ring (bicyclic) bond motifs is 3. The van der Waals surface area contributed by atoms with Crippen LogP contribution >= 0.6 is 24.8 Å². The number of piperidine rings is 1. The van der Waals surface area contributed by atoms with Crippen molar-refractivity contribution in [1.29, 1.82) is 0 Å². The van der Waals surface area contributed by atoms with Crippen molar-refractivity contribution in [3.63, 3.8) is 0 Å². The molecule has 4 nitrogen and oxygen atoms in total. The van der Waals surface area contributed by atoms with E-state index in [1.165, 1.54) is 11.1 Å². The highest BCUT2D eigenvalue weighted by Crippen LogP contribution is 2.57. The van der Waals surface area contributed by atoms with Gasteiger partial charge in [-0.25, -0.2) is 0 Å². The molecule has 1 aliphatic heterocycles. The van der Waals surface area contributed by atoms with Gasteiger partial charge in [0.15, 0.2) is 0 Å². The van der Waals surface area contributed by atoms with E-state index in [-0.39, 0.29) is 36.6 Å². The number of rotatable bonds is 2. The number of phenols is 1. The van der Waals surface area contributed by atoms with Gasteiger partial charge >= 0.3 is 0 Å². The van der Waals surface area contributed by atoms with Crippen molar-refractivity contribution in [3.8, 4) is 5.75 Å². The van der Waals surface area contributed by atoms with Crippen LogP contribution in [0.15, 0.2) is 48.5 Å². The van der Waals surface area contributed by atoms with Crippen LogP contribution in [0.4, 0.5) is 0 Å². The van der Waals surface area contributed by atoms with Crippen LogP contribution in [-0.4, -0.2) is 44.8 Å². The molecule has 1 saturated heterocycles. The van der Waals surface area contributed by atoms with Gasteiger partial charge in [0.2, 0.25) is 0 Å². The molecule has 1 aromatic heterocycles. The van der Waals surface area contributed by atoms with E-state index in [2.05, 4.69) is 36.1 Å². The first-order valence-electron chi connectivity index (χ1n) is 11.2. The van der Waals surface area contributed by atoms with E-state index in [4.69, 9.17) is 4.98 Å². The van der Waals surface area contributed by atoms with Gasteiger partial charge < -0.3 is 10.2 Å². The molecule has 3 aliphatic rings. The number of aliphatic hydroxyl groups is 1. The average molecular weight is 473 g/mol. The van der Waals surface area contributed by atoms with Crippen LogP contribution in [0.1, 0.15) is 42.1 Å². The molecule has 0 spiro atoms. The first kappa shape index (κ1) is 23.3. The molecule has 6 rings (SSSR count). The Labute approximate surface area is 201 Å². The number of pyridine rings is 1. The quantitative estimate of drug-likeness (QED) is 0.572. The number of aromatic hydroxyl groups is 1. The van der Waals surface area contributed by atoms with Gasteiger partial charge in [-0.05, 0) is 73.3 Å². The molecule has 170 valence electrons. The van der Waals surface area contributed by atoms with E-state index in [1.807, 2.05) is 18.2 Å². The summed E-state index contributed by atoms with van der Waals surface area (Å²) >= 11 is 0. The summed E-state index contributed by atoms with van der Waals surface area (Å²) in [7, 11) is 0. The Balaban J connectivity index is 0.00000122. The Kier molecular flexibility index (Phi) is 5.96. The molecule has 2 aliphatic carbocycles. The Morgan fingerprint density at radius 1 is 1.06 bits per heavy atom. The van der Waals surface area contributed by atoms with Crippen molar-refractivity contribution in [2.24, 2.45) is 0 Å². The Morgan fingerprint density at radius 2 is 1.88 bits per heavy atom. The van der Waals surface area contributed by atoms with E-state index < -0.39 is 11.0 Å². The normalized spacial score (nSPS) is 28.0. The molecule has 32 heavy (non-hydrogen) atoms. The van der Waals surface area contributed by atoms with Crippen molar-refractivity contribution in [3.05, 3.63) is 70.9 Å². The average Bonchev–Trinajstić information content (AvgIpc) is 2.73. The minimum absolute atomic E-state index is 0. The monoisotopic (exact) mass is 472 g/mol. The number of likely N-dealkylation sites (tertiary alicyclic amines) is 1. The van der Waals surface area contributed by atoms with Gasteiger partial charge in [-0.15, -0.1) is 24.8 Å². The van der Waals surface area contributed by atoms with Gasteiger partial charge in [-0.1, -0.05) is 31.2 Å². The van der Waals surface area contributed by atoms with Gasteiger partial charge in [0.25, 0.3) is 0 Å². The molecule has 1 fully saturated rings. The summed E-state index contributed by atoms with van der Waals surface area (Å²) in [6.07, 6.45) is 4.18. The van der Waals surface area contributed by atoms with Crippen LogP contribution in [-0.2, 0) is 24.7 Å². The summed E-state index contributed by atoms with van der Waals surface area (Å²) in [6.45, 7) is 4.21. The second-order valence-corrected chi connectivity index (χ2v) is 9.49. The molecule has 2 heterocycles. The molecule has 0 amide bonds. The lowest BCUT2D eigenvalue weighted by atomic mass is 9.49. The summed E-state index contributed by atoms with van der Waals surface area (Å²) in [4.78, 5) is 7.55.